The number of carbonyl (C=O) groups excluding carboxylic acids is 1. The monoisotopic (exact) mass is 332 g/mol. The molecule has 6 heteroatoms. The molecular formula is C17H20N2O3S. The highest BCUT2D eigenvalue weighted by molar-refractivity contribution is 7.09. The molecule has 0 bridgehead atoms. The van der Waals surface area contributed by atoms with Crippen LogP contribution in [0.1, 0.15) is 38.6 Å². The highest BCUT2D eigenvalue weighted by Crippen LogP contribution is 2.11. The molecule has 0 aliphatic carbocycles. The van der Waals surface area contributed by atoms with E-state index in [1.807, 2.05) is 0 Å². The van der Waals surface area contributed by atoms with E-state index in [4.69, 9.17) is 5.11 Å². The van der Waals surface area contributed by atoms with Gasteiger partial charge in [0.15, 0.2) is 5.69 Å². The quantitative estimate of drug-likeness (QED) is 0.817. The minimum absolute atomic E-state index is 0.000765. The lowest BCUT2D eigenvalue weighted by molar-refractivity contribution is -0.121. The number of carbonyl (C=O) groups is 2. The number of rotatable bonds is 7. The Balaban J connectivity index is 1.73. The van der Waals surface area contributed by atoms with Crippen molar-refractivity contribution in [3.05, 3.63) is 51.0 Å². The second kappa shape index (κ2) is 7.87. The molecule has 0 saturated carbocycles. The van der Waals surface area contributed by atoms with Crippen LogP contribution in [0, 0.1) is 13.8 Å². The van der Waals surface area contributed by atoms with Crippen LogP contribution >= 0.6 is 11.3 Å². The molecule has 0 unspecified atom stereocenters. The molecule has 23 heavy (non-hydrogen) atoms. The van der Waals surface area contributed by atoms with Gasteiger partial charge < -0.3 is 10.4 Å². The van der Waals surface area contributed by atoms with E-state index in [1.165, 1.54) is 33.4 Å². The van der Waals surface area contributed by atoms with Crippen LogP contribution in [0.4, 0.5) is 0 Å². The number of aryl methyl sites for hydroxylation is 3. The molecule has 0 spiro atoms. The third kappa shape index (κ3) is 5.49. The Labute approximate surface area is 139 Å². The molecule has 2 N–H and O–H groups in total. The van der Waals surface area contributed by atoms with E-state index in [0.29, 0.717) is 19.4 Å². The molecule has 0 aliphatic rings. The molecule has 2 aromatic rings. The van der Waals surface area contributed by atoms with E-state index in [2.05, 4.69) is 42.3 Å². The molecule has 1 aromatic heterocycles. The number of aromatic carboxylic acids is 1. The van der Waals surface area contributed by atoms with Gasteiger partial charge in [0.05, 0.1) is 5.01 Å². The summed E-state index contributed by atoms with van der Waals surface area (Å²) < 4.78 is 0. The topological polar surface area (TPSA) is 79.3 Å². The Hall–Kier alpha value is -2.21. The van der Waals surface area contributed by atoms with Crippen LogP contribution in [-0.2, 0) is 17.6 Å². The first kappa shape index (κ1) is 17.1. The first-order chi connectivity index (χ1) is 10.9. The van der Waals surface area contributed by atoms with Crippen molar-refractivity contribution in [2.24, 2.45) is 0 Å². The van der Waals surface area contributed by atoms with E-state index in [0.717, 1.165) is 11.4 Å². The normalized spacial score (nSPS) is 10.5. The predicted molar refractivity (Wildman–Crippen MR) is 90.0 cm³/mol. The number of hydrogen-bond acceptors (Lipinski definition) is 4. The van der Waals surface area contributed by atoms with Crippen LogP contribution in [0.25, 0.3) is 0 Å². The lowest BCUT2D eigenvalue weighted by atomic mass is 10.0. The molecule has 0 fully saturated rings. The maximum Gasteiger partial charge on any atom is 0.355 e. The van der Waals surface area contributed by atoms with Crippen LogP contribution in [0.2, 0.25) is 0 Å². The van der Waals surface area contributed by atoms with Crippen molar-refractivity contribution in [3.8, 4) is 0 Å². The second-order valence-electron chi connectivity index (χ2n) is 5.53. The molecule has 0 radical (unpaired) electrons. The lowest BCUT2D eigenvalue weighted by Crippen LogP contribution is -2.25. The molecular weight excluding hydrogens is 312 g/mol. The fourth-order valence-corrected chi connectivity index (χ4v) is 3.16. The van der Waals surface area contributed by atoms with Gasteiger partial charge in [-0.2, -0.15) is 0 Å². The number of hydrogen-bond donors (Lipinski definition) is 2. The van der Waals surface area contributed by atoms with Gasteiger partial charge in [-0.1, -0.05) is 29.3 Å². The first-order valence-electron chi connectivity index (χ1n) is 7.45. The summed E-state index contributed by atoms with van der Waals surface area (Å²) in [4.78, 5) is 26.6. The van der Waals surface area contributed by atoms with Gasteiger partial charge in [-0.25, -0.2) is 9.78 Å². The molecule has 1 amide bonds. The number of aromatic nitrogens is 1. The van der Waals surface area contributed by atoms with Crippen molar-refractivity contribution in [1.82, 2.24) is 10.3 Å². The van der Waals surface area contributed by atoms with Gasteiger partial charge in [-0.3, -0.25) is 4.79 Å². The molecule has 0 saturated heterocycles. The van der Waals surface area contributed by atoms with Crippen molar-refractivity contribution >= 4 is 23.2 Å². The molecule has 0 atom stereocenters. The Morgan fingerprint density at radius 3 is 2.48 bits per heavy atom. The smallest absolute Gasteiger partial charge is 0.355 e. The van der Waals surface area contributed by atoms with Gasteiger partial charge in [0.2, 0.25) is 5.91 Å². The Kier molecular flexibility index (Phi) is 5.87. The second-order valence-corrected chi connectivity index (χ2v) is 6.47. The molecule has 0 aliphatic heterocycles. The van der Waals surface area contributed by atoms with Crippen LogP contribution in [-0.4, -0.2) is 28.5 Å². The summed E-state index contributed by atoms with van der Waals surface area (Å²) in [6.45, 7) is 4.57. The van der Waals surface area contributed by atoms with Gasteiger partial charge in [-0.15, -0.1) is 11.3 Å². The molecule has 2 rings (SSSR count). The summed E-state index contributed by atoms with van der Waals surface area (Å²) in [5, 5.41) is 13.9. The molecule has 1 heterocycles. The fourth-order valence-electron chi connectivity index (χ4n) is 2.39. The van der Waals surface area contributed by atoms with Gasteiger partial charge in [0.25, 0.3) is 0 Å². The Morgan fingerprint density at radius 2 is 1.87 bits per heavy atom. The van der Waals surface area contributed by atoms with Gasteiger partial charge in [0.1, 0.15) is 0 Å². The van der Waals surface area contributed by atoms with E-state index in [1.54, 1.807) is 0 Å². The highest BCUT2D eigenvalue weighted by Gasteiger charge is 2.09. The zero-order valence-corrected chi connectivity index (χ0v) is 14.1. The van der Waals surface area contributed by atoms with Crippen molar-refractivity contribution in [2.75, 3.05) is 6.54 Å². The maximum atomic E-state index is 11.9. The summed E-state index contributed by atoms with van der Waals surface area (Å²) in [5.74, 6) is -1.02. The number of benzene rings is 1. The van der Waals surface area contributed by atoms with Gasteiger partial charge >= 0.3 is 5.97 Å². The van der Waals surface area contributed by atoms with Crippen molar-refractivity contribution < 1.29 is 14.7 Å². The standard InChI is InChI=1S/C17H20N2O3S/c1-11-7-12(2)9-13(8-11)3-4-15(20)18-6-5-16-19-14(10-23-16)17(21)22/h7-10H,3-6H2,1-2H3,(H,18,20)(H,21,22). The minimum atomic E-state index is -1.02. The number of amides is 1. The average Bonchev–Trinajstić information content (AvgIpc) is 2.93. The van der Waals surface area contributed by atoms with Crippen molar-refractivity contribution in [2.45, 2.75) is 33.1 Å². The largest absolute Gasteiger partial charge is 0.476 e. The molecule has 5 nitrogen and oxygen atoms in total. The minimum Gasteiger partial charge on any atom is -0.476 e. The van der Waals surface area contributed by atoms with Gasteiger partial charge in [-0.05, 0) is 25.8 Å². The third-order valence-corrected chi connectivity index (χ3v) is 4.26. The maximum absolute atomic E-state index is 11.9. The van der Waals surface area contributed by atoms with E-state index in [-0.39, 0.29) is 11.6 Å². The molecule has 122 valence electrons. The first-order valence-corrected chi connectivity index (χ1v) is 8.33. The third-order valence-electron chi connectivity index (χ3n) is 3.35. The zero-order valence-electron chi connectivity index (χ0n) is 13.3. The number of thiazole rings is 1. The summed E-state index contributed by atoms with van der Waals surface area (Å²) in [5.41, 5.74) is 3.65. The fraction of sp³-hybridized carbons (Fsp3) is 0.353. The van der Waals surface area contributed by atoms with Crippen LogP contribution in [0.15, 0.2) is 23.6 Å². The number of carboxylic acids is 1. The predicted octanol–water partition coefficient (Wildman–Crippen LogP) is 2.75. The van der Waals surface area contributed by atoms with Crippen LogP contribution in [0.5, 0.6) is 0 Å². The van der Waals surface area contributed by atoms with E-state index < -0.39 is 5.97 Å². The van der Waals surface area contributed by atoms with E-state index in [9.17, 15) is 9.59 Å². The Morgan fingerprint density at radius 1 is 1.17 bits per heavy atom. The molecule has 1 aromatic carbocycles. The van der Waals surface area contributed by atoms with E-state index >= 15 is 0 Å². The van der Waals surface area contributed by atoms with Crippen LogP contribution < -0.4 is 5.32 Å². The Bertz CT molecular complexity index is 689. The van der Waals surface area contributed by atoms with Crippen LogP contribution in [0.3, 0.4) is 0 Å². The summed E-state index contributed by atoms with van der Waals surface area (Å²) in [6, 6.07) is 6.32. The summed E-state index contributed by atoms with van der Waals surface area (Å²) in [7, 11) is 0. The number of nitrogens with zero attached hydrogens (tertiary/aromatic N) is 1. The van der Waals surface area contributed by atoms with Gasteiger partial charge in [0, 0.05) is 24.8 Å². The highest BCUT2D eigenvalue weighted by atomic mass is 32.1. The van der Waals surface area contributed by atoms with Crippen molar-refractivity contribution in [1.29, 1.82) is 0 Å². The summed E-state index contributed by atoms with van der Waals surface area (Å²) >= 11 is 1.30. The average molecular weight is 332 g/mol. The SMILES string of the molecule is Cc1cc(C)cc(CCC(=O)NCCc2nc(C(=O)O)cs2)c1. The number of nitrogens with one attached hydrogen (secondary N) is 1. The summed E-state index contributed by atoms with van der Waals surface area (Å²) in [6.07, 6.45) is 1.71. The van der Waals surface area contributed by atoms with Crippen molar-refractivity contribution in [3.63, 3.8) is 0 Å². The lowest BCUT2D eigenvalue weighted by Gasteiger charge is -2.06. The zero-order chi connectivity index (χ0) is 16.8. The number of carboxylic acid groups (broad SMARTS) is 1.